The Morgan fingerprint density at radius 3 is 1.77 bits per heavy atom. The second-order valence-corrected chi connectivity index (χ2v) is 2.02. The van der Waals surface area contributed by atoms with Crippen molar-refractivity contribution in [3.8, 4) is 0 Å². The Labute approximate surface area is 84.2 Å². The molecular formula is C8H11BClF3. The highest BCUT2D eigenvalue weighted by atomic mass is 35.5. The van der Waals surface area contributed by atoms with Crippen LogP contribution in [0.3, 0.4) is 0 Å². The molecule has 0 saturated carbocycles. The number of rotatable bonds is 0. The summed E-state index contributed by atoms with van der Waals surface area (Å²) in [6, 6.07) is 2.86. The first kappa shape index (κ1) is 14.9. The van der Waals surface area contributed by atoms with Gasteiger partial charge in [0.1, 0.15) is 11.6 Å². The lowest BCUT2D eigenvalue weighted by Gasteiger charge is -1.89. The van der Waals surface area contributed by atoms with E-state index < -0.39 is 11.6 Å². The van der Waals surface area contributed by atoms with Crippen LogP contribution in [0.5, 0.6) is 0 Å². The minimum Gasteiger partial charge on any atom is -0.269 e. The summed E-state index contributed by atoms with van der Waals surface area (Å²) < 4.78 is 37.2. The van der Waals surface area contributed by atoms with E-state index in [-0.39, 0.29) is 12.4 Å². The van der Waals surface area contributed by atoms with Gasteiger partial charge in [0.15, 0.2) is 0 Å². The maximum atomic E-state index is 12.1. The fourth-order valence-corrected chi connectivity index (χ4v) is 0.729. The van der Waals surface area contributed by atoms with Gasteiger partial charge in [-0.25, -0.2) is 8.78 Å². The second-order valence-electron chi connectivity index (χ2n) is 1.59. The lowest BCUT2D eigenvalue weighted by atomic mass is 10.2. The predicted molar refractivity (Wildman–Crippen MR) is 52.2 cm³/mol. The average Bonchev–Trinajstić information content (AvgIpc) is 2.09. The average molecular weight is 211 g/mol. The molecule has 0 nitrogen and oxygen atoms in total. The standard InChI is InChI=1S/C6H3ClF2.CH3B.CH4.FH/c7-4-1-5(8)3-6(9)2-4;1-2;;/h1-3H;1H3;1H4;1H/i/hD. The topological polar surface area (TPSA) is 0 Å². The largest absolute Gasteiger partial charge is 0.269 e. The van der Waals surface area contributed by atoms with Crippen LogP contribution in [0, 0.1) is 11.6 Å². The number of halogens is 4. The minimum absolute atomic E-state index is 0. The minimum atomic E-state index is -0.653. The van der Waals surface area contributed by atoms with Gasteiger partial charge in [-0.05, 0) is 12.1 Å². The summed E-state index contributed by atoms with van der Waals surface area (Å²) in [6.45, 7) is 1.50. The highest BCUT2D eigenvalue weighted by molar-refractivity contribution is 6.30. The van der Waals surface area contributed by atoms with Crippen LogP contribution in [-0.2, 0) is 0 Å². The smallest absolute Gasteiger partial charge is 0.269 e. The first-order chi connectivity index (χ1) is 6.18. The van der Waals surface area contributed by atoms with Gasteiger partial charge in [-0.1, -0.05) is 25.9 Å². The van der Waals surface area contributed by atoms with Gasteiger partial charge < -0.3 is 0 Å². The molecule has 0 aliphatic rings. The van der Waals surface area contributed by atoms with E-state index in [0.717, 1.165) is 18.2 Å². The Balaban J connectivity index is -0.000000216. The highest BCUT2D eigenvalue weighted by Gasteiger charge is 1.95. The Bertz CT molecular complexity index is 185. The number of hydrogen-bond acceptors (Lipinski definition) is 0. The van der Waals surface area contributed by atoms with E-state index in [9.17, 15) is 8.78 Å². The predicted octanol–water partition coefficient (Wildman–Crippen LogP) is 3.61. The van der Waals surface area contributed by atoms with E-state index in [0.29, 0.717) is 0 Å². The fraction of sp³-hybridized carbons (Fsp3) is 0.250. The molecule has 0 heterocycles. The van der Waals surface area contributed by atoms with Crippen LogP contribution in [0.4, 0.5) is 13.5 Å². The molecule has 2 radical (unpaired) electrons. The number of hydrogen-bond donors (Lipinski definition) is 0. The van der Waals surface area contributed by atoms with Gasteiger partial charge in [-0.15, -0.1) is 0 Å². The monoisotopic (exact) mass is 211 g/mol. The van der Waals surface area contributed by atoms with E-state index in [1.54, 1.807) is 0 Å². The Hall–Kier alpha value is -0.635. The molecular weight excluding hydrogens is 199 g/mol. The Morgan fingerprint density at radius 1 is 1.23 bits per heavy atom. The zero-order valence-corrected chi connectivity index (χ0v) is 7.08. The van der Waals surface area contributed by atoms with Crippen molar-refractivity contribution in [3.63, 3.8) is 0 Å². The maximum Gasteiger partial charge on any atom is 0.269 e. The Morgan fingerprint density at radius 2 is 1.54 bits per heavy atom. The molecule has 1 aromatic rings. The van der Waals surface area contributed by atoms with Crippen molar-refractivity contribution in [1.29, 1.82) is 1.45 Å². The molecule has 0 saturated heterocycles. The molecule has 1 aromatic carbocycles. The zero-order valence-electron chi connectivity index (χ0n) is 7.32. The molecule has 0 bridgehead atoms. The highest BCUT2D eigenvalue weighted by Crippen LogP contribution is 2.11. The van der Waals surface area contributed by atoms with Gasteiger partial charge in [0.2, 0.25) is 0 Å². The summed E-state index contributed by atoms with van der Waals surface area (Å²) in [5.74, 6) is -1.31. The van der Waals surface area contributed by atoms with Crippen molar-refractivity contribution < 1.29 is 13.5 Å². The van der Waals surface area contributed by atoms with Crippen LogP contribution in [0.2, 0.25) is 11.8 Å². The third-order valence-corrected chi connectivity index (χ3v) is 1.05. The molecule has 0 aliphatic carbocycles. The second kappa shape index (κ2) is 9.45. The van der Waals surface area contributed by atoms with Crippen LogP contribution in [0.25, 0.3) is 0 Å². The molecule has 0 amide bonds. The first-order valence-corrected chi connectivity index (χ1v) is 3.25. The molecule has 0 atom stereocenters. The number of benzene rings is 1. The van der Waals surface area contributed by atoms with Crippen molar-refractivity contribution in [2.75, 3.05) is 0 Å². The van der Waals surface area contributed by atoms with E-state index in [4.69, 9.17) is 16.3 Å². The molecule has 0 unspecified atom stereocenters. The summed E-state index contributed by atoms with van der Waals surface area (Å²) in [5, 5.41) is 0.0764. The lowest BCUT2D eigenvalue weighted by Crippen LogP contribution is -1.76. The van der Waals surface area contributed by atoms with Crippen LogP contribution in [0.15, 0.2) is 18.2 Å². The SMILES string of the molecule is C.Fc1cc(F)cc(Cl)c1.[2H]F.[B]C. The third-order valence-electron chi connectivity index (χ3n) is 0.827. The van der Waals surface area contributed by atoms with Gasteiger partial charge in [-0.2, -0.15) is 0 Å². The van der Waals surface area contributed by atoms with Gasteiger partial charge in [0, 0.05) is 11.1 Å². The van der Waals surface area contributed by atoms with Gasteiger partial charge in [0.05, 0.1) is 7.85 Å². The fourth-order valence-electron chi connectivity index (χ4n) is 0.520. The van der Waals surface area contributed by atoms with Gasteiger partial charge in [-0.3, -0.25) is 4.72 Å². The normalized spacial score (nSPS) is 7.62. The van der Waals surface area contributed by atoms with Crippen LogP contribution < -0.4 is 0 Å². The van der Waals surface area contributed by atoms with Gasteiger partial charge >= 0.3 is 0 Å². The van der Waals surface area contributed by atoms with E-state index in [1.165, 1.54) is 6.82 Å². The molecule has 0 spiro atoms. The first-order valence-electron chi connectivity index (χ1n) is 3.25. The van der Waals surface area contributed by atoms with Crippen LogP contribution in [0.1, 0.15) is 7.43 Å². The van der Waals surface area contributed by atoms with Crippen molar-refractivity contribution in [1.82, 2.24) is 0 Å². The zero-order chi connectivity index (χ0) is 10.9. The molecule has 74 valence electrons. The maximum absolute atomic E-state index is 12.1. The van der Waals surface area contributed by atoms with Crippen molar-refractivity contribution in [3.05, 3.63) is 34.9 Å². The molecule has 0 aromatic heterocycles. The van der Waals surface area contributed by atoms with E-state index in [1.807, 2.05) is 0 Å². The summed E-state index contributed by atoms with van der Waals surface area (Å²) in [7, 11) is 4.50. The molecule has 1 rings (SSSR count). The summed E-state index contributed by atoms with van der Waals surface area (Å²) in [5.41, 5.74) is 0. The molecule has 0 N–H and O–H groups in total. The summed E-state index contributed by atoms with van der Waals surface area (Å²) in [6.07, 6.45) is 0. The van der Waals surface area contributed by atoms with Crippen LogP contribution in [-0.4, -0.2) is 9.30 Å². The Kier molecular flexibility index (Phi) is 10.8. The summed E-state index contributed by atoms with van der Waals surface area (Å²) >= 11 is 5.27. The van der Waals surface area contributed by atoms with Crippen LogP contribution >= 0.6 is 11.6 Å². The van der Waals surface area contributed by atoms with Crippen molar-refractivity contribution in [2.45, 2.75) is 14.2 Å². The van der Waals surface area contributed by atoms with E-state index in [2.05, 4.69) is 9.30 Å². The molecule has 0 aliphatic heterocycles. The lowest BCUT2D eigenvalue weighted by molar-refractivity contribution is 0.583. The summed E-state index contributed by atoms with van der Waals surface area (Å²) in [4.78, 5) is 0. The molecule has 0 fully saturated rings. The van der Waals surface area contributed by atoms with Crippen molar-refractivity contribution in [2.24, 2.45) is 0 Å². The quantitative estimate of drug-likeness (QED) is 0.575. The van der Waals surface area contributed by atoms with E-state index >= 15 is 0 Å². The van der Waals surface area contributed by atoms with Crippen molar-refractivity contribution >= 4 is 19.4 Å². The molecule has 5 heteroatoms. The van der Waals surface area contributed by atoms with Gasteiger partial charge in [0.25, 0.3) is 1.45 Å². The third kappa shape index (κ3) is 7.72. The molecule has 13 heavy (non-hydrogen) atoms.